The number of halogens is 9. The molecule has 0 radical (unpaired) electrons. The highest BCUT2D eigenvalue weighted by Crippen LogP contribution is 2.38. The van der Waals surface area contributed by atoms with E-state index in [1.54, 1.807) is 36.4 Å². The summed E-state index contributed by atoms with van der Waals surface area (Å²) >= 11 is 29.3. The molecule has 194 valence electrons. The third-order valence-electron chi connectivity index (χ3n) is 3.04. The van der Waals surface area contributed by atoms with Crippen LogP contribution in [0.15, 0.2) is 76.7 Å². The first-order valence-electron chi connectivity index (χ1n) is 8.14. The van der Waals surface area contributed by atoms with Crippen molar-refractivity contribution >= 4 is 151 Å². The van der Waals surface area contributed by atoms with Gasteiger partial charge in [-0.3, -0.25) is 0 Å². The van der Waals surface area contributed by atoms with Gasteiger partial charge < -0.3 is 30.0 Å². The molecule has 0 aliphatic carbocycles. The summed E-state index contributed by atoms with van der Waals surface area (Å²) in [4.78, 5) is 21.6. The third kappa shape index (κ3) is 14.4. The summed E-state index contributed by atoms with van der Waals surface area (Å²) in [7, 11) is -4.64. The van der Waals surface area contributed by atoms with Crippen molar-refractivity contribution in [2.24, 2.45) is 0 Å². The van der Waals surface area contributed by atoms with Crippen LogP contribution in [0.25, 0.3) is 0 Å². The first-order valence-corrected chi connectivity index (χ1v) is 16.8. The molecule has 17 heteroatoms. The molecule has 7 nitrogen and oxygen atoms in total. The van der Waals surface area contributed by atoms with Crippen LogP contribution in [0.2, 0.25) is 0 Å². The quantitative estimate of drug-likeness (QED) is 0.0974. The van der Waals surface area contributed by atoms with Gasteiger partial charge in [0, 0.05) is 26.8 Å². The molecule has 0 aliphatic rings. The number of aromatic hydroxyl groups is 3. The Kier molecular flexibility index (Phi) is 18.0. The van der Waals surface area contributed by atoms with Gasteiger partial charge in [-0.25, -0.2) is 4.57 Å². The summed E-state index contributed by atoms with van der Waals surface area (Å²) in [5, 5.41) is 27.4. The summed E-state index contributed by atoms with van der Waals surface area (Å²) in [6, 6.07) is 10.1. The molecule has 0 amide bonds. The second kappa shape index (κ2) is 17.2. The van der Waals surface area contributed by atoms with E-state index in [0.29, 0.717) is 13.4 Å². The van der Waals surface area contributed by atoms with Crippen molar-refractivity contribution in [1.29, 1.82) is 0 Å². The molecule has 0 saturated carbocycles. The van der Waals surface area contributed by atoms with Gasteiger partial charge in [0.1, 0.15) is 17.2 Å². The lowest BCUT2D eigenvalue weighted by Gasteiger charge is -2.00. The Balaban J connectivity index is 0.000000453. The number of phosphoric acid groups is 1. The molecule has 0 bridgehead atoms. The summed E-state index contributed by atoms with van der Waals surface area (Å²) in [5.74, 6) is 0.695. The molecule has 0 aromatic heterocycles. The normalized spacial score (nSPS) is 10.2. The predicted molar refractivity (Wildman–Crippen MR) is 168 cm³/mol. The van der Waals surface area contributed by atoms with Crippen molar-refractivity contribution in [3.63, 3.8) is 0 Å². The number of rotatable bonds is 0. The van der Waals surface area contributed by atoms with Crippen LogP contribution in [0.1, 0.15) is 0 Å². The number of phenolic OH excluding ortho intramolecular Hbond substituents is 3. The lowest BCUT2D eigenvalue weighted by molar-refractivity contribution is 0.275. The van der Waals surface area contributed by atoms with Gasteiger partial charge >= 0.3 is 7.82 Å². The molecule has 3 aromatic rings. The number of hydrogen-bond acceptors (Lipinski definition) is 4. The lowest BCUT2D eigenvalue weighted by Crippen LogP contribution is -1.72. The van der Waals surface area contributed by atoms with Crippen LogP contribution in [-0.4, -0.2) is 30.0 Å². The van der Waals surface area contributed by atoms with Crippen LogP contribution in [0, 0.1) is 0 Å². The molecule has 0 aliphatic heterocycles. The van der Waals surface area contributed by atoms with Gasteiger partial charge in [0.05, 0.1) is 13.4 Å². The van der Waals surface area contributed by atoms with E-state index in [4.69, 9.17) is 34.6 Å². The molecule has 3 rings (SSSR count). The Bertz CT molecular complexity index is 984. The Morgan fingerprint density at radius 2 is 0.600 bits per heavy atom. The number of hydrogen-bond donors (Lipinski definition) is 6. The molecule has 35 heavy (non-hydrogen) atoms. The fourth-order valence-corrected chi connectivity index (χ4v) is 5.38. The number of phenols is 3. The minimum absolute atomic E-state index is 0.232. The van der Waals surface area contributed by atoms with E-state index in [-0.39, 0.29) is 17.2 Å². The van der Waals surface area contributed by atoms with Gasteiger partial charge in [-0.2, -0.15) is 0 Å². The van der Waals surface area contributed by atoms with Crippen LogP contribution >= 0.6 is 151 Å². The van der Waals surface area contributed by atoms with Crippen molar-refractivity contribution in [1.82, 2.24) is 0 Å². The van der Waals surface area contributed by atoms with Gasteiger partial charge in [-0.05, 0) is 180 Å². The maximum atomic E-state index is 9.13. The van der Waals surface area contributed by atoms with Crippen molar-refractivity contribution in [3.05, 3.63) is 76.7 Å². The SMILES string of the molecule is O=P(O)(O)O.Oc1ccc(Br)c(Br)c1Br.Oc1ccc(Br)c(Br)c1Br.Oc1ccc(Br)c(Br)c1Br. The smallest absolute Gasteiger partial charge is 0.466 e. The molecular weight excluding hydrogens is 1080 g/mol. The minimum atomic E-state index is -4.64. The van der Waals surface area contributed by atoms with E-state index in [0.717, 1.165) is 26.8 Å². The fraction of sp³-hybridized carbons (Fsp3) is 0. The van der Waals surface area contributed by atoms with Crippen LogP contribution in [0.3, 0.4) is 0 Å². The van der Waals surface area contributed by atoms with Crippen LogP contribution < -0.4 is 0 Å². The molecule has 0 heterocycles. The Hall–Kier alpha value is 1.49. The van der Waals surface area contributed by atoms with Crippen molar-refractivity contribution < 1.29 is 34.6 Å². The van der Waals surface area contributed by atoms with Gasteiger partial charge in [-0.15, -0.1) is 0 Å². The average molecular weight is 1090 g/mol. The molecule has 0 spiro atoms. The first kappa shape index (κ1) is 36.5. The maximum absolute atomic E-state index is 9.13. The topological polar surface area (TPSA) is 138 Å². The van der Waals surface area contributed by atoms with Crippen LogP contribution in [-0.2, 0) is 4.57 Å². The minimum Gasteiger partial charge on any atom is -0.507 e. The van der Waals surface area contributed by atoms with Gasteiger partial charge in [0.25, 0.3) is 0 Å². The standard InChI is InChI=1S/3C6H3Br3O.H3O4P/c3*7-3-1-2-4(10)6(9)5(3)8;1-5(2,3)4/h3*1-2,10H;(H3,1,2,3,4). The zero-order valence-electron chi connectivity index (χ0n) is 16.4. The molecule has 0 saturated heterocycles. The van der Waals surface area contributed by atoms with Gasteiger partial charge in [0.15, 0.2) is 0 Å². The number of benzene rings is 3. The largest absolute Gasteiger partial charge is 0.507 e. The molecule has 0 unspecified atom stereocenters. The molecule has 0 atom stereocenters. The van der Waals surface area contributed by atoms with Crippen LogP contribution in [0.5, 0.6) is 17.2 Å². The lowest BCUT2D eigenvalue weighted by atomic mass is 10.3. The zero-order chi connectivity index (χ0) is 27.7. The highest BCUT2D eigenvalue weighted by atomic mass is 79.9. The summed E-state index contributed by atoms with van der Waals surface area (Å²) in [6.07, 6.45) is 0. The summed E-state index contributed by atoms with van der Waals surface area (Å²) in [6.45, 7) is 0. The fourth-order valence-electron chi connectivity index (χ4n) is 1.55. The van der Waals surface area contributed by atoms with E-state index >= 15 is 0 Å². The summed E-state index contributed by atoms with van der Waals surface area (Å²) in [5.41, 5.74) is 0. The molecule has 0 fully saturated rings. The van der Waals surface area contributed by atoms with Crippen molar-refractivity contribution in [2.75, 3.05) is 0 Å². The second-order valence-corrected chi connectivity index (χ2v) is 13.9. The molecule has 3 aromatic carbocycles. The Morgan fingerprint density at radius 3 is 0.743 bits per heavy atom. The second-order valence-electron chi connectivity index (χ2n) is 5.60. The van der Waals surface area contributed by atoms with Gasteiger partial charge in [0.2, 0.25) is 0 Å². The Labute approximate surface area is 276 Å². The predicted octanol–water partition coefficient (Wildman–Crippen LogP) is 10.1. The third-order valence-corrected chi connectivity index (χ3v) is 13.1. The highest BCUT2D eigenvalue weighted by Gasteiger charge is 2.06. The zero-order valence-corrected chi connectivity index (χ0v) is 31.6. The van der Waals surface area contributed by atoms with Crippen LogP contribution in [0.4, 0.5) is 0 Å². The van der Waals surface area contributed by atoms with E-state index in [1.807, 2.05) is 0 Å². The average Bonchev–Trinajstić information content (AvgIpc) is 2.77. The van der Waals surface area contributed by atoms with Crippen molar-refractivity contribution in [2.45, 2.75) is 0 Å². The Morgan fingerprint density at radius 1 is 0.429 bits per heavy atom. The highest BCUT2D eigenvalue weighted by molar-refractivity contribution is 9.15. The maximum Gasteiger partial charge on any atom is 0.466 e. The van der Waals surface area contributed by atoms with E-state index in [2.05, 4.69) is 143 Å². The monoisotopic (exact) mass is 1080 g/mol. The van der Waals surface area contributed by atoms with E-state index < -0.39 is 7.82 Å². The van der Waals surface area contributed by atoms with Gasteiger partial charge in [-0.1, -0.05) is 0 Å². The first-order chi connectivity index (χ1) is 15.9. The molecule has 6 N–H and O–H groups in total. The molecular formula is C18H12Br9O7P. The van der Waals surface area contributed by atoms with E-state index in [1.165, 1.54) is 0 Å². The van der Waals surface area contributed by atoms with Crippen molar-refractivity contribution in [3.8, 4) is 17.2 Å². The summed E-state index contributed by atoms with van der Waals surface area (Å²) < 4.78 is 16.1. The van der Waals surface area contributed by atoms with E-state index in [9.17, 15) is 0 Å².